The van der Waals surface area contributed by atoms with Gasteiger partial charge in [0.2, 0.25) is 0 Å². The van der Waals surface area contributed by atoms with Crippen molar-refractivity contribution in [1.29, 1.82) is 0 Å². The van der Waals surface area contributed by atoms with Crippen molar-refractivity contribution < 1.29 is 42.1 Å². The number of allylic oxidation sites excluding steroid dienone is 4. The Kier molecular flexibility index (Phi) is 51.2. The number of quaternary nitrogens is 1. The summed E-state index contributed by atoms with van der Waals surface area (Å²) in [5.74, 6) is -0.827. The first-order chi connectivity index (χ1) is 34.0. The van der Waals surface area contributed by atoms with Crippen LogP contribution in [0, 0.1) is 0 Å². The molecule has 0 aliphatic carbocycles. The SMILES string of the molecule is CCCCCC/C=C\C/C=C\CCCCCCCCCC(=O)OC(COC(=O)CCCCCCCCCCCCCCCCCCCCCCCCCCCCCC)COP(=O)([O-])OCC[N+](C)(C)C. The number of carbonyl (C=O) groups is 2. The van der Waals surface area contributed by atoms with Crippen molar-refractivity contribution in [2.75, 3.05) is 47.5 Å². The van der Waals surface area contributed by atoms with E-state index in [4.69, 9.17) is 18.5 Å². The number of rotatable bonds is 56. The second-order valence-electron chi connectivity index (χ2n) is 21.7. The number of hydrogen-bond acceptors (Lipinski definition) is 8. The number of ether oxygens (including phenoxy) is 2. The van der Waals surface area contributed by atoms with Crippen molar-refractivity contribution in [2.45, 2.75) is 302 Å². The molecule has 0 spiro atoms. The second kappa shape index (κ2) is 52.4. The Balaban J connectivity index is 4.06. The minimum Gasteiger partial charge on any atom is -0.756 e. The van der Waals surface area contributed by atoms with Crippen LogP contribution in [0.4, 0.5) is 0 Å². The highest BCUT2D eigenvalue weighted by Gasteiger charge is 2.22. The molecule has 0 saturated carbocycles. The molecule has 0 aliphatic rings. The average molecular weight is 1010 g/mol. The molecule has 0 rings (SSSR count). The molecule has 414 valence electrons. The molecule has 0 saturated heterocycles. The van der Waals surface area contributed by atoms with Crippen LogP contribution in [0.1, 0.15) is 296 Å². The fourth-order valence-corrected chi connectivity index (χ4v) is 9.54. The molecule has 0 N–H and O–H groups in total. The van der Waals surface area contributed by atoms with Crippen LogP contribution >= 0.6 is 7.82 Å². The molecule has 2 unspecified atom stereocenters. The van der Waals surface area contributed by atoms with E-state index in [9.17, 15) is 19.0 Å². The summed E-state index contributed by atoms with van der Waals surface area (Å²) < 4.78 is 34.2. The average Bonchev–Trinajstić information content (AvgIpc) is 3.32. The third-order valence-corrected chi connectivity index (χ3v) is 14.4. The molecule has 0 fully saturated rings. The number of likely N-dealkylation sites (N-methyl/N-ethyl adjacent to an activating group) is 1. The molecule has 0 radical (unpaired) electrons. The molecule has 0 amide bonds. The number of phosphoric ester groups is 1. The van der Waals surface area contributed by atoms with E-state index < -0.39 is 26.5 Å². The fourth-order valence-electron chi connectivity index (χ4n) is 8.81. The van der Waals surface area contributed by atoms with E-state index in [1.54, 1.807) is 0 Å². The van der Waals surface area contributed by atoms with Crippen LogP contribution in [0.15, 0.2) is 24.3 Å². The maximum atomic E-state index is 12.8. The lowest BCUT2D eigenvalue weighted by Gasteiger charge is -2.28. The Morgan fingerprint density at radius 1 is 0.443 bits per heavy atom. The third-order valence-electron chi connectivity index (χ3n) is 13.5. The van der Waals surface area contributed by atoms with Crippen molar-refractivity contribution in [2.24, 2.45) is 0 Å². The normalized spacial score (nSPS) is 13.4. The Bertz CT molecular complexity index is 1240. The van der Waals surface area contributed by atoms with Gasteiger partial charge in [-0.15, -0.1) is 0 Å². The zero-order valence-corrected chi connectivity index (χ0v) is 47.9. The number of phosphoric acid groups is 1. The number of unbranched alkanes of at least 4 members (excludes halogenated alkanes) is 38. The molecule has 0 aromatic rings. The number of nitrogens with zero attached hydrogens (tertiary/aromatic N) is 1. The van der Waals surface area contributed by atoms with Crippen LogP contribution in [-0.2, 0) is 32.7 Å². The van der Waals surface area contributed by atoms with Crippen molar-refractivity contribution in [3.63, 3.8) is 0 Å². The number of esters is 2. The van der Waals surface area contributed by atoms with Gasteiger partial charge >= 0.3 is 11.9 Å². The molecule has 70 heavy (non-hydrogen) atoms. The van der Waals surface area contributed by atoms with E-state index in [2.05, 4.69) is 38.2 Å². The lowest BCUT2D eigenvalue weighted by atomic mass is 10.0. The van der Waals surface area contributed by atoms with Gasteiger partial charge in [-0.3, -0.25) is 14.2 Å². The quantitative estimate of drug-likeness (QED) is 0.0195. The van der Waals surface area contributed by atoms with E-state index in [1.807, 2.05) is 21.1 Å². The van der Waals surface area contributed by atoms with Crippen molar-refractivity contribution in [3.8, 4) is 0 Å². The zero-order valence-electron chi connectivity index (χ0n) is 47.0. The third kappa shape index (κ3) is 55.8. The van der Waals surface area contributed by atoms with Gasteiger partial charge in [-0.05, 0) is 44.9 Å². The Labute approximate surface area is 434 Å². The highest BCUT2D eigenvalue weighted by atomic mass is 31.2. The molecule has 2 atom stereocenters. The lowest BCUT2D eigenvalue weighted by molar-refractivity contribution is -0.870. The first-order valence-electron chi connectivity index (χ1n) is 30.0. The fraction of sp³-hybridized carbons (Fsp3) is 0.900. The smallest absolute Gasteiger partial charge is 0.306 e. The molecule has 0 aromatic heterocycles. The summed E-state index contributed by atoms with van der Waals surface area (Å²) in [7, 11) is 1.17. The van der Waals surface area contributed by atoms with Gasteiger partial charge in [0.25, 0.3) is 7.82 Å². The van der Waals surface area contributed by atoms with Gasteiger partial charge in [-0.25, -0.2) is 0 Å². The minimum absolute atomic E-state index is 0.0302. The standard InChI is InChI=1S/C60H116NO8P/c1-6-8-10-12-14-16-18-20-22-24-26-27-28-29-30-31-32-33-34-35-37-38-40-42-44-46-48-50-52-59(62)66-56-58(57-68-70(64,65)67-55-54-61(3,4)5)69-60(63)53-51-49-47-45-43-41-39-36-25-23-21-19-17-15-13-11-9-7-2/h17,19,23,25,58H,6-16,18,20-22,24,26-57H2,1-5H3/b19-17-,25-23-. The van der Waals surface area contributed by atoms with Crippen LogP contribution in [0.3, 0.4) is 0 Å². The summed E-state index contributed by atoms with van der Waals surface area (Å²) in [5, 5.41) is 0. The predicted molar refractivity (Wildman–Crippen MR) is 296 cm³/mol. The minimum atomic E-state index is -4.63. The van der Waals surface area contributed by atoms with E-state index >= 15 is 0 Å². The topological polar surface area (TPSA) is 111 Å². The van der Waals surface area contributed by atoms with E-state index in [-0.39, 0.29) is 32.0 Å². The summed E-state index contributed by atoms with van der Waals surface area (Å²) in [6.45, 7) is 4.26. The van der Waals surface area contributed by atoms with Gasteiger partial charge in [-0.2, -0.15) is 0 Å². The van der Waals surface area contributed by atoms with Crippen molar-refractivity contribution in [3.05, 3.63) is 24.3 Å². The van der Waals surface area contributed by atoms with Gasteiger partial charge < -0.3 is 27.9 Å². The first-order valence-corrected chi connectivity index (χ1v) is 31.5. The lowest BCUT2D eigenvalue weighted by Crippen LogP contribution is -2.37. The van der Waals surface area contributed by atoms with Crippen LogP contribution in [-0.4, -0.2) is 70.0 Å². The summed E-state index contributed by atoms with van der Waals surface area (Å²) in [4.78, 5) is 37.9. The Morgan fingerprint density at radius 2 is 0.771 bits per heavy atom. The Morgan fingerprint density at radius 3 is 1.14 bits per heavy atom. The Hall–Kier alpha value is -1.51. The summed E-state index contributed by atoms with van der Waals surface area (Å²) in [5.41, 5.74) is 0. The van der Waals surface area contributed by atoms with Gasteiger partial charge in [-0.1, -0.05) is 263 Å². The highest BCUT2D eigenvalue weighted by Crippen LogP contribution is 2.38. The van der Waals surface area contributed by atoms with Crippen molar-refractivity contribution >= 4 is 19.8 Å². The van der Waals surface area contributed by atoms with Gasteiger partial charge in [0.05, 0.1) is 27.7 Å². The summed E-state index contributed by atoms with van der Waals surface area (Å²) in [6.07, 6.45) is 62.3. The maximum absolute atomic E-state index is 12.8. The van der Waals surface area contributed by atoms with Crippen LogP contribution < -0.4 is 4.89 Å². The van der Waals surface area contributed by atoms with Gasteiger partial charge in [0, 0.05) is 12.8 Å². The maximum Gasteiger partial charge on any atom is 0.306 e. The molecular weight excluding hydrogens is 894 g/mol. The van der Waals surface area contributed by atoms with Gasteiger partial charge in [0.1, 0.15) is 19.8 Å². The molecule has 10 heteroatoms. The van der Waals surface area contributed by atoms with Gasteiger partial charge in [0.15, 0.2) is 6.10 Å². The van der Waals surface area contributed by atoms with Crippen LogP contribution in [0.25, 0.3) is 0 Å². The highest BCUT2D eigenvalue weighted by molar-refractivity contribution is 7.45. The van der Waals surface area contributed by atoms with E-state index in [0.717, 1.165) is 51.4 Å². The van der Waals surface area contributed by atoms with E-state index in [1.165, 1.54) is 212 Å². The molecule has 0 aromatic carbocycles. The molecule has 0 heterocycles. The molecule has 0 aliphatic heterocycles. The van der Waals surface area contributed by atoms with Crippen LogP contribution in [0.5, 0.6) is 0 Å². The first kappa shape index (κ1) is 68.5. The largest absolute Gasteiger partial charge is 0.756 e. The zero-order chi connectivity index (χ0) is 51.3. The number of carbonyl (C=O) groups excluding carboxylic acids is 2. The molecule has 9 nitrogen and oxygen atoms in total. The van der Waals surface area contributed by atoms with Crippen LogP contribution in [0.2, 0.25) is 0 Å². The monoisotopic (exact) mass is 1010 g/mol. The summed E-state index contributed by atoms with van der Waals surface area (Å²) in [6, 6.07) is 0. The second-order valence-corrected chi connectivity index (χ2v) is 23.1. The van der Waals surface area contributed by atoms with Crippen molar-refractivity contribution in [1.82, 2.24) is 0 Å². The van der Waals surface area contributed by atoms with E-state index in [0.29, 0.717) is 17.4 Å². The molecular formula is C60H116NO8P. The predicted octanol–water partition coefficient (Wildman–Crippen LogP) is 18.0. The number of hydrogen-bond donors (Lipinski definition) is 0. The summed E-state index contributed by atoms with van der Waals surface area (Å²) >= 11 is 0. The molecule has 0 bridgehead atoms.